The number of halogens is 2. The van der Waals surface area contributed by atoms with Crippen LogP contribution in [0.5, 0.6) is 0 Å². The molecular formula is C14H13Cl2NO. The first-order valence-electron chi connectivity index (χ1n) is 5.60. The van der Waals surface area contributed by atoms with Gasteiger partial charge in [0.1, 0.15) is 0 Å². The third-order valence-corrected chi connectivity index (χ3v) is 3.60. The van der Waals surface area contributed by atoms with Gasteiger partial charge in [-0.25, -0.2) is 0 Å². The summed E-state index contributed by atoms with van der Waals surface area (Å²) in [5.41, 5.74) is 2.66. The Balaban J connectivity index is 2.19. The van der Waals surface area contributed by atoms with Gasteiger partial charge in [0.15, 0.2) is 0 Å². The second kappa shape index (κ2) is 5.70. The number of hydrogen-bond donors (Lipinski definition) is 1. The monoisotopic (exact) mass is 281 g/mol. The van der Waals surface area contributed by atoms with Crippen LogP contribution >= 0.6 is 23.2 Å². The number of hydrogen-bond acceptors (Lipinski definition) is 2. The van der Waals surface area contributed by atoms with Gasteiger partial charge in [0.25, 0.3) is 0 Å². The molecule has 1 N–H and O–H groups in total. The summed E-state index contributed by atoms with van der Waals surface area (Å²) in [5, 5.41) is 11.4. The topological polar surface area (TPSA) is 33.1 Å². The van der Waals surface area contributed by atoms with Crippen LogP contribution in [0.15, 0.2) is 36.7 Å². The van der Waals surface area contributed by atoms with Crippen molar-refractivity contribution >= 4 is 23.2 Å². The van der Waals surface area contributed by atoms with E-state index in [-0.39, 0.29) is 0 Å². The van der Waals surface area contributed by atoms with Gasteiger partial charge in [0.05, 0.1) is 11.1 Å². The molecule has 2 rings (SSSR count). The molecule has 0 aliphatic rings. The molecule has 18 heavy (non-hydrogen) atoms. The average Bonchev–Trinajstić information content (AvgIpc) is 2.35. The van der Waals surface area contributed by atoms with Gasteiger partial charge in [-0.15, -0.1) is 0 Å². The minimum Gasteiger partial charge on any atom is -0.388 e. The molecule has 0 amide bonds. The molecule has 0 saturated heterocycles. The largest absolute Gasteiger partial charge is 0.388 e. The SMILES string of the molecule is Cc1ccc(C(O)Cc2ccncc2Cl)cc1Cl. The van der Waals surface area contributed by atoms with Gasteiger partial charge < -0.3 is 5.11 Å². The number of rotatable bonds is 3. The maximum Gasteiger partial charge on any atom is 0.0831 e. The molecule has 1 aromatic heterocycles. The third-order valence-electron chi connectivity index (χ3n) is 2.85. The number of aliphatic hydroxyl groups excluding tert-OH is 1. The molecule has 0 aliphatic carbocycles. The average molecular weight is 282 g/mol. The minimum atomic E-state index is -0.622. The second-order valence-electron chi connectivity index (χ2n) is 4.20. The Morgan fingerprint density at radius 3 is 2.67 bits per heavy atom. The van der Waals surface area contributed by atoms with E-state index in [0.717, 1.165) is 16.7 Å². The Hall–Kier alpha value is -1.09. The maximum absolute atomic E-state index is 10.2. The van der Waals surface area contributed by atoms with E-state index in [1.54, 1.807) is 24.5 Å². The summed E-state index contributed by atoms with van der Waals surface area (Å²) in [6, 6.07) is 7.37. The predicted octanol–water partition coefficient (Wildman–Crippen LogP) is 3.97. The molecular weight excluding hydrogens is 269 g/mol. The first-order valence-corrected chi connectivity index (χ1v) is 6.36. The molecule has 4 heteroatoms. The van der Waals surface area contributed by atoms with Crippen LogP contribution in [0.25, 0.3) is 0 Å². The normalized spacial score (nSPS) is 12.4. The summed E-state index contributed by atoms with van der Waals surface area (Å²) >= 11 is 12.1. The molecule has 0 aliphatic heterocycles. The van der Waals surface area contributed by atoms with Crippen LogP contribution in [0, 0.1) is 6.92 Å². The Kier molecular flexibility index (Phi) is 4.23. The lowest BCUT2D eigenvalue weighted by Crippen LogP contribution is -2.02. The van der Waals surface area contributed by atoms with Gasteiger partial charge in [-0.05, 0) is 35.7 Å². The quantitative estimate of drug-likeness (QED) is 0.923. The van der Waals surface area contributed by atoms with E-state index in [0.29, 0.717) is 16.5 Å². The molecule has 2 nitrogen and oxygen atoms in total. The zero-order valence-electron chi connectivity index (χ0n) is 9.90. The molecule has 1 heterocycles. The van der Waals surface area contributed by atoms with E-state index >= 15 is 0 Å². The van der Waals surface area contributed by atoms with E-state index < -0.39 is 6.10 Å². The lowest BCUT2D eigenvalue weighted by atomic mass is 10.0. The molecule has 2 aromatic rings. The Bertz CT molecular complexity index is 557. The number of benzene rings is 1. The first-order chi connectivity index (χ1) is 8.58. The maximum atomic E-state index is 10.2. The molecule has 0 radical (unpaired) electrons. The zero-order chi connectivity index (χ0) is 13.1. The molecule has 0 spiro atoms. The summed E-state index contributed by atoms with van der Waals surface area (Å²) < 4.78 is 0. The number of aromatic nitrogens is 1. The summed E-state index contributed by atoms with van der Waals surface area (Å²) in [4.78, 5) is 3.92. The lowest BCUT2D eigenvalue weighted by Gasteiger charge is -2.13. The van der Waals surface area contributed by atoms with Crippen molar-refractivity contribution in [2.45, 2.75) is 19.4 Å². The highest BCUT2D eigenvalue weighted by Gasteiger charge is 2.11. The van der Waals surface area contributed by atoms with Crippen LogP contribution in [0.1, 0.15) is 22.8 Å². The number of aryl methyl sites for hydroxylation is 1. The van der Waals surface area contributed by atoms with Crippen molar-refractivity contribution in [3.63, 3.8) is 0 Å². The molecule has 1 atom stereocenters. The summed E-state index contributed by atoms with van der Waals surface area (Å²) in [6.45, 7) is 1.93. The van der Waals surface area contributed by atoms with Crippen molar-refractivity contribution in [2.75, 3.05) is 0 Å². The molecule has 0 fully saturated rings. The Morgan fingerprint density at radius 2 is 2.00 bits per heavy atom. The van der Waals surface area contributed by atoms with Crippen LogP contribution in [0.3, 0.4) is 0 Å². The molecule has 0 bridgehead atoms. The van der Waals surface area contributed by atoms with Crippen LogP contribution in [-0.4, -0.2) is 10.1 Å². The third kappa shape index (κ3) is 3.02. The first kappa shape index (κ1) is 13.3. The molecule has 1 aromatic carbocycles. The van der Waals surface area contributed by atoms with E-state index in [4.69, 9.17) is 23.2 Å². The minimum absolute atomic E-state index is 0.445. The number of pyridine rings is 1. The van der Waals surface area contributed by atoms with Crippen molar-refractivity contribution in [3.05, 3.63) is 63.4 Å². The summed E-state index contributed by atoms with van der Waals surface area (Å²) in [6.07, 6.45) is 3.06. The lowest BCUT2D eigenvalue weighted by molar-refractivity contribution is 0.178. The van der Waals surface area contributed by atoms with Gasteiger partial charge in [-0.3, -0.25) is 4.98 Å². The standard InChI is InChI=1S/C14H13Cl2NO/c1-9-2-3-11(6-12(9)15)14(18)7-10-4-5-17-8-13(10)16/h2-6,8,14,18H,7H2,1H3. The zero-order valence-corrected chi connectivity index (χ0v) is 11.4. The van der Waals surface area contributed by atoms with E-state index in [9.17, 15) is 5.11 Å². The van der Waals surface area contributed by atoms with Crippen LogP contribution in [0.4, 0.5) is 0 Å². The van der Waals surface area contributed by atoms with Crippen molar-refractivity contribution in [1.82, 2.24) is 4.98 Å². The molecule has 94 valence electrons. The van der Waals surface area contributed by atoms with Gasteiger partial charge in [-0.1, -0.05) is 35.3 Å². The van der Waals surface area contributed by atoms with Crippen molar-refractivity contribution in [2.24, 2.45) is 0 Å². The van der Waals surface area contributed by atoms with E-state index in [2.05, 4.69) is 4.98 Å². The van der Waals surface area contributed by atoms with E-state index in [1.807, 2.05) is 19.1 Å². The highest BCUT2D eigenvalue weighted by molar-refractivity contribution is 6.31. The van der Waals surface area contributed by atoms with Crippen molar-refractivity contribution in [3.8, 4) is 0 Å². The fourth-order valence-electron chi connectivity index (χ4n) is 1.71. The summed E-state index contributed by atoms with van der Waals surface area (Å²) in [7, 11) is 0. The van der Waals surface area contributed by atoms with Crippen LogP contribution in [-0.2, 0) is 6.42 Å². The fourth-order valence-corrected chi connectivity index (χ4v) is 2.10. The highest BCUT2D eigenvalue weighted by atomic mass is 35.5. The number of aliphatic hydroxyl groups is 1. The van der Waals surface area contributed by atoms with Gasteiger partial charge in [0, 0.05) is 23.8 Å². The fraction of sp³-hybridized carbons (Fsp3) is 0.214. The van der Waals surface area contributed by atoms with Gasteiger partial charge in [-0.2, -0.15) is 0 Å². The molecule has 1 unspecified atom stereocenters. The van der Waals surface area contributed by atoms with Crippen molar-refractivity contribution in [1.29, 1.82) is 0 Å². The van der Waals surface area contributed by atoms with Gasteiger partial charge in [0.2, 0.25) is 0 Å². The van der Waals surface area contributed by atoms with Gasteiger partial charge >= 0.3 is 0 Å². The van der Waals surface area contributed by atoms with E-state index in [1.165, 1.54) is 0 Å². The highest BCUT2D eigenvalue weighted by Crippen LogP contribution is 2.25. The van der Waals surface area contributed by atoms with Crippen LogP contribution < -0.4 is 0 Å². The smallest absolute Gasteiger partial charge is 0.0831 e. The predicted molar refractivity (Wildman–Crippen MR) is 74.1 cm³/mol. The summed E-state index contributed by atoms with van der Waals surface area (Å²) in [5.74, 6) is 0. The Labute approximate surface area is 116 Å². The van der Waals surface area contributed by atoms with Crippen molar-refractivity contribution < 1.29 is 5.11 Å². The number of nitrogens with zero attached hydrogens (tertiary/aromatic N) is 1. The second-order valence-corrected chi connectivity index (χ2v) is 5.01. The Morgan fingerprint density at radius 1 is 1.22 bits per heavy atom. The molecule has 0 saturated carbocycles. The van der Waals surface area contributed by atoms with Crippen LogP contribution in [0.2, 0.25) is 10.0 Å².